The molecule has 2 unspecified atom stereocenters. The molecule has 1 fully saturated rings. The van der Waals surface area contributed by atoms with Crippen LogP contribution in [-0.4, -0.2) is 28.7 Å². The summed E-state index contributed by atoms with van der Waals surface area (Å²) in [5, 5.41) is 9.32. The maximum atomic E-state index is 11.3. The Bertz CT molecular complexity index is 280. The average molecular weight is 239 g/mol. The summed E-state index contributed by atoms with van der Waals surface area (Å²) in [6.45, 7) is 10.9. The van der Waals surface area contributed by atoms with Crippen molar-refractivity contribution in [2.75, 3.05) is 6.54 Å². The van der Waals surface area contributed by atoms with E-state index in [0.717, 1.165) is 25.7 Å². The van der Waals surface area contributed by atoms with Gasteiger partial charge in [-0.15, -0.1) is 6.58 Å². The van der Waals surface area contributed by atoms with E-state index in [2.05, 4.69) is 27.4 Å². The molecular formula is C14H25NO2. The first-order valence-electron chi connectivity index (χ1n) is 6.48. The number of amides is 1. The summed E-state index contributed by atoms with van der Waals surface area (Å²) < 4.78 is 0. The Labute approximate surface area is 105 Å². The molecule has 0 bridgehead atoms. The highest BCUT2D eigenvalue weighted by atomic mass is 16.4. The molecule has 3 nitrogen and oxygen atoms in total. The van der Waals surface area contributed by atoms with Crippen LogP contribution in [0.1, 0.15) is 46.5 Å². The van der Waals surface area contributed by atoms with E-state index >= 15 is 0 Å². The van der Waals surface area contributed by atoms with Gasteiger partial charge in [0.25, 0.3) is 0 Å². The molecule has 1 N–H and O–H groups in total. The van der Waals surface area contributed by atoms with Gasteiger partial charge in [0.05, 0.1) is 0 Å². The molecule has 1 aliphatic heterocycles. The number of rotatable bonds is 3. The van der Waals surface area contributed by atoms with E-state index in [9.17, 15) is 9.90 Å². The Balaban J connectivity index is 2.87. The minimum Gasteiger partial charge on any atom is -0.465 e. The third kappa shape index (κ3) is 3.48. The van der Waals surface area contributed by atoms with Gasteiger partial charge in [-0.1, -0.05) is 26.8 Å². The van der Waals surface area contributed by atoms with Gasteiger partial charge in [0.1, 0.15) is 0 Å². The Morgan fingerprint density at radius 1 is 1.53 bits per heavy atom. The number of allylic oxidation sites excluding steroid dienone is 1. The number of likely N-dealkylation sites (tertiary alicyclic amines) is 1. The zero-order valence-corrected chi connectivity index (χ0v) is 11.3. The predicted molar refractivity (Wildman–Crippen MR) is 70.1 cm³/mol. The molecule has 1 amide bonds. The van der Waals surface area contributed by atoms with Crippen LogP contribution in [0.3, 0.4) is 0 Å². The molecule has 1 heterocycles. The largest absolute Gasteiger partial charge is 0.465 e. The zero-order chi connectivity index (χ0) is 13.1. The topological polar surface area (TPSA) is 40.5 Å². The molecule has 0 aromatic rings. The molecule has 3 heteroatoms. The van der Waals surface area contributed by atoms with Crippen LogP contribution in [0.4, 0.5) is 4.79 Å². The van der Waals surface area contributed by atoms with Crippen molar-refractivity contribution in [3.63, 3.8) is 0 Å². The number of nitrogens with zero attached hydrogens (tertiary/aromatic N) is 1. The van der Waals surface area contributed by atoms with E-state index in [1.807, 2.05) is 6.08 Å². The summed E-state index contributed by atoms with van der Waals surface area (Å²) in [5.74, 6) is 0.470. The maximum absolute atomic E-state index is 11.3. The van der Waals surface area contributed by atoms with Gasteiger partial charge in [-0.05, 0) is 37.0 Å². The molecule has 0 spiro atoms. The van der Waals surface area contributed by atoms with Crippen molar-refractivity contribution in [1.29, 1.82) is 0 Å². The quantitative estimate of drug-likeness (QED) is 0.762. The first-order valence-corrected chi connectivity index (χ1v) is 6.48. The molecule has 1 rings (SSSR count). The molecular weight excluding hydrogens is 214 g/mol. The van der Waals surface area contributed by atoms with Gasteiger partial charge in [-0.3, -0.25) is 0 Å². The summed E-state index contributed by atoms with van der Waals surface area (Å²) in [4.78, 5) is 13.0. The maximum Gasteiger partial charge on any atom is 0.407 e. The van der Waals surface area contributed by atoms with Crippen LogP contribution in [0.25, 0.3) is 0 Å². The fourth-order valence-electron chi connectivity index (χ4n) is 3.10. The van der Waals surface area contributed by atoms with Crippen LogP contribution >= 0.6 is 0 Å². The number of carboxylic acid groups (broad SMARTS) is 1. The summed E-state index contributed by atoms with van der Waals surface area (Å²) in [7, 11) is 0. The number of hydrogen-bond acceptors (Lipinski definition) is 1. The second-order valence-corrected chi connectivity index (χ2v) is 6.06. The summed E-state index contributed by atoms with van der Waals surface area (Å²) in [6, 6.07) is 0.133. The lowest BCUT2D eigenvalue weighted by atomic mass is 9.72. The summed E-state index contributed by atoms with van der Waals surface area (Å²) in [5.41, 5.74) is 0.00461. The third-order valence-corrected chi connectivity index (χ3v) is 3.63. The van der Waals surface area contributed by atoms with Gasteiger partial charge < -0.3 is 10.0 Å². The Hall–Kier alpha value is -0.990. The number of carbonyl (C=O) groups is 1. The summed E-state index contributed by atoms with van der Waals surface area (Å²) >= 11 is 0. The van der Waals surface area contributed by atoms with Gasteiger partial charge in [0.15, 0.2) is 0 Å². The van der Waals surface area contributed by atoms with Crippen LogP contribution < -0.4 is 0 Å². The van der Waals surface area contributed by atoms with Crippen molar-refractivity contribution in [3.05, 3.63) is 12.7 Å². The molecule has 0 aromatic heterocycles. The highest BCUT2D eigenvalue weighted by Crippen LogP contribution is 2.38. The first kappa shape index (κ1) is 14.1. The predicted octanol–water partition coefficient (Wildman–Crippen LogP) is 3.76. The van der Waals surface area contributed by atoms with Gasteiger partial charge in [-0.2, -0.15) is 0 Å². The second-order valence-electron chi connectivity index (χ2n) is 6.06. The second kappa shape index (κ2) is 5.56. The number of piperidine rings is 1. The minimum atomic E-state index is -0.770. The third-order valence-electron chi connectivity index (χ3n) is 3.63. The van der Waals surface area contributed by atoms with Crippen molar-refractivity contribution in [2.24, 2.45) is 11.3 Å². The van der Waals surface area contributed by atoms with Gasteiger partial charge in [0, 0.05) is 12.6 Å². The van der Waals surface area contributed by atoms with Crippen molar-refractivity contribution in [2.45, 2.75) is 52.5 Å². The molecule has 0 aromatic carbocycles. The van der Waals surface area contributed by atoms with Crippen molar-refractivity contribution in [3.8, 4) is 0 Å². The lowest BCUT2D eigenvalue weighted by Gasteiger charge is -2.47. The van der Waals surface area contributed by atoms with E-state index in [-0.39, 0.29) is 11.5 Å². The van der Waals surface area contributed by atoms with Crippen LogP contribution in [0, 0.1) is 11.3 Å². The molecule has 0 radical (unpaired) electrons. The molecule has 17 heavy (non-hydrogen) atoms. The van der Waals surface area contributed by atoms with Crippen molar-refractivity contribution < 1.29 is 9.90 Å². The lowest BCUT2D eigenvalue weighted by molar-refractivity contribution is 0.0205. The Kier molecular flexibility index (Phi) is 4.61. The molecule has 98 valence electrons. The van der Waals surface area contributed by atoms with Crippen LogP contribution in [-0.2, 0) is 0 Å². The standard InChI is InChI=1S/C14H25NO2/c1-5-6-8-11-9-7-10-15(13(16)17)12(11)14(2,3)4/h5,11-12H,1,6-10H2,2-4H3,(H,16,17). The Morgan fingerprint density at radius 2 is 2.18 bits per heavy atom. The fraction of sp³-hybridized carbons (Fsp3) is 0.786. The highest BCUT2D eigenvalue weighted by molar-refractivity contribution is 5.65. The van der Waals surface area contributed by atoms with E-state index in [1.165, 1.54) is 0 Å². The normalized spacial score (nSPS) is 25.7. The van der Waals surface area contributed by atoms with Crippen LogP contribution in [0.5, 0.6) is 0 Å². The Morgan fingerprint density at radius 3 is 2.65 bits per heavy atom. The van der Waals surface area contributed by atoms with Gasteiger partial charge in [0.2, 0.25) is 0 Å². The molecule has 1 saturated heterocycles. The van der Waals surface area contributed by atoms with E-state index in [1.54, 1.807) is 4.90 Å². The summed E-state index contributed by atoms with van der Waals surface area (Å²) in [6.07, 6.45) is 5.31. The zero-order valence-electron chi connectivity index (χ0n) is 11.3. The van der Waals surface area contributed by atoms with Gasteiger partial charge in [-0.25, -0.2) is 4.79 Å². The van der Waals surface area contributed by atoms with Crippen molar-refractivity contribution >= 4 is 6.09 Å². The van der Waals surface area contributed by atoms with Gasteiger partial charge >= 0.3 is 6.09 Å². The van der Waals surface area contributed by atoms with E-state index in [0.29, 0.717) is 12.5 Å². The molecule has 0 aliphatic carbocycles. The first-order chi connectivity index (χ1) is 7.88. The lowest BCUT2D eigenvalue weighted by Crippen LogP contribution is -2.54. The smallest absolute Gasteiger partial charge is 0.407 e. The minimum absolute atomic E-state index is 0.00461. The molecule has 2 atom stereocenters. The monoisotopic (exact) mass is 239 g/mol. The fourth-order valence-corrected chi connectivity index (χ4v) is 3.10. The molecule has 0 saturated carbocycles. The van der Waals surface area contributed by atoms with Crippen molar-refractivity contribution in [1.82, 2.24) is 4.90 Å². The van der Waals surface area contributed by atoms with Crippen LogP contribution in [0.2, 0.25) is 0 Å². The van der Waals surface area contributed by atoms with E-state index < -0.39 is 6.09 Å². The number of hydrogen-bond donors (Lipinski definition) is 1. The average Bonchev–Trinajstić information content (AvgIpc) is 2.24. The van der Waals surface area contributed by atoms with Crippen LogP contribution in [0.15, 0.2) is 12.7 Å². The van der Waals surface area contributed by atoms with E-state index in [4.69, 9.17) is 0 Å². The highest BCUT2D eigenvalue weighted by Gasteiger charge is 2.40. The molecule has 1 aliphatic rings. The SMILES string of the molecule is C=CCCC1CCCN(C(=O)O)C1C(C)(C)C.